The maximum Gasteiger partial charge on any atom is 0.255 e. The first-order valence-electron chi connectivity index (χ1n) is 10.3. The summed E-state index contributed by atoms with van der Waals surface area (Å²) in [6, 6.07) is 7.22. The lowest BCUT2D eigenvalue weighted by Gasteiger charge is -2.16. The fraction of sp³-hybridized carbons (Fsp3) is 0.455. The molecular weight excluding hydrogens is 369 g/mol. The second-order valence-corrected chi connectivity index (χ2v) is 8.20. The van der Waals surface area contributed by atoms with Crippen molar-refractivity contribution in [3.8, 4) is 11.1 Å². The molecule has 7 heteroatoms. The van der Waals surface area contributed by atoms with Gasteiger partial charge in [0.15, 0.2) is 0 Å². The highest BCUT2D eigenvalue weighted by Gasteiger charge is 2.22. The molecule has 1 amide bonds. The standard InChI is InChI=1S/C22H28FN5O/c23-20-10-14(5-6-15(20)12-28-8-7-17(24)13-28)16-9-19(21(25)26-11-16)22(29)27-18-3-1-2-4-18/h5-6,9-11,17-18H,1-4,7-8,12-13,24H2,(H2,25,26)(H,27,29). The Morgan fingerprint density at radius 1 is 1.21 bits per heavy atom. The van der Waals surface area contributed by atoms with E-state index in [0.717, 1.165) is 45.2 Å². The molecule has 0 bridgehead atoms. The van der Waals surface area contributed by atoms with E-state index >= 15 is 0 Å². The van der Waals surface area contributed by atoms with Crippen molar-refractivity contribution in [3.63, 3.8) is 0 Å². The Labute approximate surface area is 170 Å². The van der Waals surface area contributed by atoms with Gasteiger partial charge in [0.05, 0.1) is 5.56 Å². The summed E-state index contributed by atoms with van der Waals surface area (Å²) in [7, 11) is 0. The second kappa shape index (κ2) is 8.47. The molecule has 2 heterocycles. The molecule has 1 aliphatic heterocycles. The third-order valence-electron chi connectivity index (χ3n) is 5.94. The molecule has 0 spiro atoms. The van der Waals surface area contributed by atoms with Gasteiger partial charge in [0.25, 0.3) is 5.91 Å². The van der Waals surface area contributed by atoms with Crippen molar-refractivity contribution < 1.29 is 9.18 Å². The lowest BCUT2D eigenvalue weighted by atomic mass is 10.0. The third-order valence-corrected chi connectivity index (χ3v) is 5.94. The number of anilines is 1. The first-order valence-corrected chi connectivity index (χ1v) is 10.3. The smallest absolute Gasteiger partial charge is 0.255 e. The summed E-state index contributed by atoms with van der Waals surface area (Å²) in [6.45, 7) is 2.24. The van der Waals surface area contributed by atoms with Gasteiger partial charge in [-0.25, -0.2) is 9.37 Å². The van der Waals surface area contributed by atoms with Gasteiger partial charge < -0.3 is 16.8 Å². The number of rotatable bonds is 5. The van der Waals surface area contributed by atoms with Crippen molar-refractivity contribution in [1.29, 1.82) is 0 Å². The van der Waals surface area contributed by atoms with E-state index in [9.17, 15) is 9.18 Å². The topological polar surface area (TPSA) is 97.3 Å². The minimum absolute atomic E-state index is 0.173. The summed E-state index contributed by atoms with van der Waals surface area (Å²) in [4.78, 5) is 19.0. The highest BCUT2D eigenvalue weighted by molar-refractivity contribution is 5.99. The number of hydrogen-bond donors (Lipinski definition) is 3. The van der Waals surface area contributed by atoms with Crippen molar-refractivity contribution in [2.24, 2.45) is 5.73 Å². The summed E-state index contributed by atoms with van der Waals surface area (Å²) >= 11 is 0. The SMILES string of the molecule is Nc1ncc(-c2ccc(CN3CCC(N)C3)c(F)c2)cc1C(=O)NC1CCCC1. The monoisotopic (exact) mass is 397 g/mol. The zero-order chi connectivity index (χ0) is 20.4. The van der Waals surface area contributed by atoms with Crippen molar-refractivity contribution in [2.45, 2.75) is 50.7 Å². The average molecular weight is 397 g/mol. The van der Waals surface area contributed by atoms with Crippen molar-refractivity contribution in [2.75, 3.05) is 18.8 Å². The zero-order valence-electron chi connectivity index (χ0n) is 16.5. The quantitative estimate of drug-likeness (QED) is 0.721. The fourth-order valence-corrected chi connectivity index (χ4v) is 4.25. The van der Waals surface area contributed by atoms with Gasteiger partial charge in [0, 0.05) is 49.0 Å². The Morgan fingerprint density at radius 2 is 2.00 bits per heavy atom. The first kappa shape index (κ1) is 19.8. The van der Waals surface area contributed by atoms with Gasteiger partial charge in [-0.2, -0.15) is 0 Å². The van der Waals surface area contributed by atoms with Crippen LogP contribution >= 0.6 is 0 Å². The second-order valence-electron chi connectivity index (χ2n) is 8.20. The minimum atomic E-state index is -0.267. The zero-order valence-corrected chi connectivity index (χ0v) is 16.5. The molecular formula is C22H28FN5O. The number of aromatic nitrogens is 1. The number of pyridine rings is 1. The number of nitrogen functional groups attached to an aromatic ring is 1. The fourth-order valence-electron chi connectivity index (χ4n) is 4.25. The summed E-state index contributed by atoms with van der Waals surface area (Å²) in [5.41, 5.74) is 14.2. The Kier molecular flexibility index (Phi) is 5.78. The van der Waals surface area contributed by atoms with Crippen molar-refractivity contribution in [3.05, 3.63) is 47.4 Å². The Morgan fingerprint density at radius 3 is 2.69 bits per heavy atom. The number of benzene rings is 1. The van der Waals surface area contributed by atoms with Crippen LogP contribution in [0.25, 0.3) is 11.1 Å². The van der Waals surface area contributed by atoms with E-state index < -0.39 is 0 Å². The summed E-state index contributed by atoms with van der Waals surface area (Å²) in [5.74, 6) is -0.297. The summed E-state index contributed by atoms with van der Waals surface area (Å²) in [6.07, 6.45) is 6.78. The Hall–Kier alpha value is -2.51. The highest BCUT2D eigenvalue weighted by atomic mass is 19.1. The Balaban J connectivity index is 1.51. The molecule has 1 aromatic heterocycles. The molecule has 6 nitrogen and oxygen atoms in total. The van der Waals surface area contributed by atoms with Gasteiger partial charge in [-0.3, -0.25) is 9.69 Å². The van der Waals surface area contributed by atoms with E-state index in [1.54, 1.807) is 18.3 Å². The number of halogens is 1. The van der Waals surface area contributed by atoms with E-state index in [-0.39, 0.29) is 29.6 Å². The predicted octanol–water partition coefficient (Wildman–Crippen LogP) is 2.68. The van der Waals surface area contributed by atoms with Crippen LogP contribution in [0.2, 0.25) is 0 Å². The van der Waals surface area contributed by atoms with Crippen LogP contribution in [0.3, 0.4) is 0 Å². The number of nitrogens with zero attached hydrogens (tertiary/aromatic N) is 2. The van der Waals surface area contributed by atoms with Gasteiger partial charge in [-0.15, -0.1) is 0 Å². The molecule has 2 aliphatic rings. The van der Waals surface area contributed by atoms with Gasteiger partial charge >= 0.3 is 0 Å². The van der Waals surface area contributed by atoms with Crippen molar-refractivity contribution >= 4 is 11.7 Å². The molecule has 1 unspecified atom stereocenters. The van der Waals surface area contributed by atoms with E-state index in [0.29, 0.717) is 28.8 Å². The number of carbonyl (C=O) groups is 1. The summed E-state index contributed by atoms with van der Waals surface area (Å²) in [5, 5.41) is 3.03. The van der Waals surface area contributed by atoms with E-state index in [1.807, 2.05) is 6.07 Å². The molecule has 154 valence electrons. The molecule has 1 atom stereocenters. The van der Waals surface area contributed by atoms with Gasteiger partial charge in [-0.1, -0.05) is 25.0 Å². The molecule has 1 aromatic carbocycles. The van der Waals surface area contributed by atoms with Crippen molar-refractivity contribution in [1.82, 2.24) is 15.2 Å². The normalized spacial score (nSPS) is 20.3. The van der Waals surface area contributed by atoms with Crippen LogP contribution in [0.1, 0.15) is 48.0 Å². The minimum Gasteiger partial charge on any atom is -0.383 e. The van der Waals surface area contributed by atoms with Gasteiger partial charge in [-0.05, 0) is 37.0 Å². The van der Waals surface area contributed by atoms with Gasteiger partial charge in [0.1, 0.15) is 11.6 Å². The Bertz CT molecular complexity index is 897. The number of nitrogens with two attached hydrogens (primary N) is 2. The van der Waals surface area contributed by atoms with E-state index in [1.165, 1.54) is 6.07 Å². The molecule has 2 fully saturated rings. The molecule has 5 N–H and O–H groups in total. The molecule has 1 saturated carbocycles. The molecule has 4 rings (SSSR count). The van der Waals surface area contributed by atoms with Crippen LogP contribution in [0, 0.1) is 5.82 Å². The number of carbonyl (C=O) groups excluding carboxylic acids is 1. The summed E-state index contributed by atoms with van der Waals surface area (Å²) < 4.78 is 14.7. The maximum absolute atomic E-state index is 14.7. The van der Waals surface area contributed by atoms with Crippen LogP contribution in [0.5, 0.6) is 0 Å². The number of hydrogen-bond acceptors (Lipinski definition) is 5. The highest BCUT2D eigenvalue weighted by Crippen LogP contribution is 2.26. The average Bonchev–Trinajstić information content (AvgIpc) is 3.35. The maximum atomic E-state index is 14.7. The van der Waals surface area contributed by atoms with Crippen LogP contribution in [0.4, 0.5) is 10.2 Å². The molecule has 2 aromatic rings. The lowest BCUT2D eigenvalue weighted by Crippen LogP contribution is -2.33. The molecule has 29 heavy (non-hydrogen) atoms. The van der Waals surface area contributed by atoms with E-state index in [4.69, 9.17) is 11.5 Å². The van der Waals surface area contributed by atoms with Gasteiger partial charge in [0.2, 0.25) is 0 Å². The molecule has 0 radical (unpaired) electrons. The van der Waals surface area contributed by atoms with Crippen LogP contribution in [0.15, 0.2) is 30.5 Å². The van der Waals surface area contributed by atoms with Crippen LogP contribution < -0.4 is 16.8 Å². The van der Waals surface area contributed by atoms with Crippen LogP contribution in [-0.2, 0) is 6.54 Å². The lowest BCUT2D eigenvalue weighted by molar-refractivity contribution is 0.0938. The van der Waals surface area contributed by atoms with Crippen LogP contribution in [-0.4, -0.2) is 41.0 Å². The largest absolute Gasteiger partial charge is 0.383 e. The first-order chi connectivity index (χ1) is 14.0. The number of likely N-dealkylation sites (tertiary alicyclic amines) is 1. The predicted molar refractivity (Wildman–Crippen MR) is 112 cm³/mol. The molecule has 1 aliphatic carbocycles. The number of nitrogens with one attached hydrogen (secondary N) is 1. The third kappa shape index (κ3) is 4.57. The van der Waals surface area contributed by atoms with E-state index in [2.05, 4.69) is 15.2 Å². The molecule has 1 saturated heterocycles. The number of amides is 1.